The van der Waals surface area contributed by atoms with E-state index in [2.05, 4.69) is 14.6 Å². The van der Waals surface area contributed by atoms with Gasteiger partial charge < -0.3 is 14.9 Å². The molecule has 1 unspecified atom stereocenters. The van der Waals surface area contributed by atoms with Crippen molar-refractivity contribution in [1.82, 2.24) is 9.88 Å². The number of benzene rings is 1. The Kier molecular flexibility index (Phi) is 7.14. The Balaban J connectivity index is 1.56. The molecule has 3 heterocycles. The van der Waals surface area contributed by atoms with Crippen molar-refractivity contribution in [2.75, 3.05) is 42.3 Å². The zero-order chi connectivity index (χ0) is 24.5. The molecule has 0 bridgehead atoms. The van der Waals surface area contributed by atoms with Crippen molar-refractivity contribution >= 4 is 27.5 Å². The predicted molar refractivity (Wildman–Crippen MR) is 133 cm³/mol. The number of nitrogens with one attached hydrogen (secondary N) is 1. The van der Waals surface area contributed by atoms with Gasteiger partial charge in [0.25, 0.3) is 10.0 Å². The molecule has 0 aliphatic carbocycles. The van der Waals surface area contributed by atoms with Crippen LogP contribution in [0.5, 0.6) is 0 Å². The lowest BCUT2D eigenvalue weighted by Gasteiger charge is -2.36. The zero-order valence-electron chi connectivity index (χ0n) is 20.2. The van der Waals surface area contributed by atoms with Crippen molar-refractivity contribution in [2.45, 2.75) is 51.3 Å². The van der Waals surface area contributed by atoms with Gasteiger partial charge in [0.05, 0.1) is 16.8 Å². The highest BCUT2D eigenvalue weighted by molar-refractivity contribution is 7.92. The van der Waals surface area contributed by atoms with E-state index in [-0.39, 0.29) is 16.1 Å². The summed E-state index contributed by atoms with van der Waals surface area (Å²) in [6, 6.07) is 4.85. The SMILES string of the molecule is Cc1cc(C)c(S(=O)(=O)Nc2cnc(N3CCCC(CN4CCCC4)C3)c(C(=O)O)c2)cc1C. The Hall–Kier alpha value is -2.65. The van der Waals surface area contributed by atoms with E-state index < -0.39 is 16.0 Å². The summed E-state index contributed by atoms with van der Waals surface area (Å²) in [6.45, 7) is 10.4. The predicted octanol–water partition coefficient (Wildman–Crippen LogP) is 3.82. The average molecular weight is 487 g/mol. The van der Waals surface area contributed by atoms with E-state index in [0.29, 0.717) is 17.3 Å². The fraction of sp³-hybridized carbons (Fsp3) is 0.520. The molecule has 1 atom stereocenters. The van der Waals surface area contributed by atoms with Crippen LogP contribution in [-0.4, -0.2) is 62.1 Å². The molecule has 1 aromatic heterocycles. The number of anilines is 2. The molecule has 8 nitrogen and oxygen atoms in total. The van der Waals surface area contributed by atoms with Crippen molar-refractivity contribution in [3.8, 4) is 0 Å². The molecule has 2 saturated heterocycles. The maximum Gasteiger partial charge on any atom is 0.339 e. The minimum absolute atomic E-state index is 0.0128. The van der Waals surface area contributed by atoms with Crippen LogP contribution in [0.2, 0.25) is 0 Å². The van der Waals surface area contributed by atoms with Crippen LogP contribution in [0.4, 0.5) is 11.5 Å². The number of aromatic carboxylic acids is 1. The van der Waals surface area contributed by atoms with Crippen molar-refractivity contribution in [3.63, 3.8) is 0 Å². The summed E-state index contributed by atoms with van der Waals surface area (Å²) in [5.41, 5.74) is 2.68. The number of aryl methyl sites for hydroxylation is 3. The number of carboxylic acids is 1. The molecule has 0 saturated carbocycles. The van der Waals surface area contributed by atoms with Gasteiger partial charge >= 0.3 is 5.97 Å². The van der Waals surface area contributed by atoms with Gasteiger partial charge in [0.15, 0.2) is 0 Å². The lowest BCUT2D eigenvalue weighted by atomic mass is 9.97. The van der Waals surface area contributed by atoms with Gasteiger partial charge in [0, 0.05) is 19.6 Å². The van der Waals surface area contributed by atoms with E-state index in [1.807, 2.05) is 24.8 Å². The average Bonchev–Trinajstić information content (AvgIpc) is 3.29. The number of piperidine rings is 1. The first-order valence-corrected chi connectivity index (χ1v) is 13.4. The molecular weight excluding hydrogens is 452 g/mol. The number of sulfonamides is 1. The fourth-order valence-electron chi connectivity index (χ4n) is 5.09. The third-order valence-electron chi connectivity index (χ3n) is 6.96. The normalized spacial score (nSPS) is 19.4. The summed E-state index contributed by atoms with van der Waals surface area (Å²) in [6.07, 6.45) is 6.03. The lowest BCUT2D eigenvalue weighted by molar-refractivity contribution is 0.0697. The Morgan fingerprint density at radius 2 is 1.76 bits per heavy atom. The van der Waals surface area contributed by atoms with Gasteiger partial charge in [-0.2, -0.15) is 0 Å². The topological polar surface area (TPSA) is 103 Å². The molecular formula is C25H34N4O4S. The minimum atomic E-state index is -3.89. The highest BCUT2D eigenvalue weighted by Crippen LogP contribution is 2.29. The first kappa shape index (κ1) is 24.5. The molecule has 4 rings (SSSR count). The quantitative estimate of drug-likeness (QED) is 0.613. The number of carbonyl (C=O) groups is 1. The summed E-state index contributed by atoms with van der Waals surface area (Å²) >= 11 is 0. The Labute approximate surface area is 202 Å². The Bertz CT molecular complexity index is 1180. The molecule has 2 fully saturated rings. The number of hydrogen-bond acceptors (Lipinski definition) is 6. The molecule has 2 aromatic rings. The molecule has 1 aromatic carbocycles. The van der Waals surface area contributed by atoms with Crippen molar-refractivity contribution in [3.05, 3.63) is 46.6 Å². The number of likely N-dealkylation sites (tertiary alicyclic amines) is 1. The van der Waals surface area contributed by atoms with E-state index >= 15 is 0 Å². The Morgan fingerprint density at radius 3 is 2.47 bits per heavy atom. The smallest absolute Gasteiger partial charge is 0.339 e. The van der Waals surface area contributed by atoms with Gasteiger partial charge in [-0.3, -0.25) is 4.72 Å². The maximum atomic E-state index is 13.1. The first-order chi connectivity index (χ1) is 16.1. The number of nitrogens with zero attached hydrogens (tertiary/aromatic N) is 3. The lowest BCUT2D eigenvalue weighted by Crippen LogP contribution is -2.41. The van der Waals surface area contributed by atoms with E-state index in [1.165, 1.54) is 25.1 Å². The van der Waals surface area contributed by atoms with Gasteiger partial charge in [-0.1, -0.05) is 6.07 Å². The van der Waals surface area contributed by atoms with Crippen LogP contribution < -0.4 is 9.62 Å². The second-order valence-corrected chi connectivity index (χ2v) is 11.3. The molecule has 9 heteroatoms. The van der Waals surface area contributed by atoms with Crippen LogP contribution in [0.1, 0.15) is 52.7 Å². The van der Waals surface area contributed by atoms with Gasteiger partial charge in [-0.25, -0.2) is 18.2 Å². The molecule has 0 radical (unpaired) electrons. The number of hydrogen-bond donors (Lipinski definition) is 2. The largest absolute Gasteiger partial charge is 0.478 e. The van der Waals surface area contributed by atoms with Crippen molar-refractivity contribution in [2.24, 2.45) is 5.92 Å². The van der Waals surface area contributed by atoms with E-state index in [4.69, 9.17) is 0 Å². The van der Waals surface area contributed by atoms with Crippen LogP contribution in [0.25, 0.3) is 0 Å². The second kappa shape index (κ2) is 9.92. The van der Waals surface area contributed by atoms with Gasteiger partial charge in [0.2, 0.25) is 0 Å². The minimum Gasteiger partial charge on any atom is -0.478 e. The van der Waals surface area contributed by atoms with Crippen LogP contribution in [0, 0.1) is 26.7 Å². The fourth-order valence-corrected chi connectivity index (χ4v) is 6.44. The highest BCUT2D eigenvalue weighted by Gasteiger charge is 2.28. The molecule has 184 valence electrons. The highest BCUT2D eigenvalue weighted by atomic mass is 32.2. The van der Waals surface area contributed by atoms with Crippen molar-refractivity contribution < 1.29 is 18.3 Å². The zero-order valence-corrected chi connectivity index (χ0v) is 21.0. The van der Waals surface area contributed by atoms with Crippen molar-refractivity contribution in [1.29, 1.82) is 0 Å². The number of rotatable bonds is 7. The van der Waals surface area contributed by atoms with Crippen LogP contribution in [0.3, 0.4) is 0 Å². The number of carboxylic acid groups (broad SMARTS) is 1. The Morgan fingerprint density at radius 1 is 1.06 bits per heavy atom. The van der Waals surface area contributed by atoms with Gasteiger partial charge in [-0.15, -0.1) is 0 Å². The standard InChI is InChI=1S/C25H34N4O4S/c1-17-11-19(3)23(12-18(17)2)34(32,33)27-21-13-22(25(30)31)24(26-14-21)29-10-6-7-20(16-29)15-28-8-4-5-9-28/h11-14,20,27H,4-10,15-16H2,1-3H3,(H,30,31). The monoisotopic (exact) mass is 486 g/mol. The maximum absolute atomic E-state index is 13.1. The molecule has 2 N–H and O–H groups in total. The molecule has 0 spiro atoms. The van der Waals surface area contributed by atoms with E-state index in [9.17, 15) is 18.3 Å². The number of pyridine rings is 1. The second-order valence-electron chi connectivity index (χ2n) is 9.67. The summed E-state index contributed by atoms with van der Waals surface area (Å²) < 4.78 is 28.6. The van der Waals surface area contributed by atoms with Crippen LogP contribution >= 0.6 is 0 Å². The van der Waals surface area contributed by atoms with Crippen LogP contribution in [-0.2, 0) is 10.0 Å². The van der Waals surface area contributed by atoms with Gasteiger partial charge in [-0.05, 0) is 94.3 Å². The van der Waals surface area contributed by atoms with Gasteiger partial charge in [0.1, 0.15) is 11.4 Å². The van der Waals surface area contributed by atoms with E-state index in [1.54, 1.807) is 13.0 Å². The van der Waals surface area contributed by atoms with Crippen LogP contribution in [0.15, 0.2) is 29.3 Å². The molecule has 2 aliphatic rings. The number of aromatic nitrogens is 1. The summed E-state index contributed by atoms with van der Waals surface area (Å²) in [7, 11) is -3.89. The van der Waals surface area contributed by atoms with E-state index in [0.717, 1.165) is 56.7 Å². The third-order valence-corrected chi connectivity index (χ3v) is 8.49. The molecule has 34 heavy (non-hydrogen) atoms. The summed E-state index contributed by atoms with van der Waals surface area (Å²) in [4.78, 5) is 21.2. The summed E-state index contributed by atoms with van der Waals surface area (Å²) in [5.74, 6) is -0.238. The third kappa shape index (κ3) is 5.36. The molecule has 0 amide bonds. The molecule has 2 aliphatic heterocycles. The first-order valence-electron chi connectivity index (χ1n) is 12.0. The summed E-state index contributed by atoms with van der Waals surface area (Å²) in [5, 5.41) is 9.89.